The molecule has 0 spiro atoms. The number of aromatic carboxylic acids is 1. The van der Waals surface area contributed by atoms with Crippen molar-refractivity contribution < 1.29 is 28.2 Å². The molecule has 0 unspecified atom stereocenters. The summed E-state index contributed by atoms with van der Waals surface area (Å²) < 4.78 is 46.7. The molecule has 0 aliphatic rings. The number of nitrogens with zero attached hydrogens (tertiary/aromatic N) is 3. The van der Waals surface area contributed by atoms with Crippen molar-refractivity contribution in [2.75, 3.05) is 13.7 Å². The summed E-state index contributed by atoms with van der Waals surface area (Å²) in [6.07, 6.45) is 0.199. The molecule has 5 rings (SSSR count). The lowest BCUT2D eigenvalue weighted by molar-refractivity contribution is 0.0697. The van der Waals surface area contributed by atoms with Gasteiger partial charge in [0.15, 0.2) is 0 Å². The second-order valence-corrected chi connectivity index (χ2v) is 9.71. The first-order valence-corrected chi connectivity index (χ1v) is 13.0. The lowest BCUT2D eigenvalue weighted by Gasteiger charge is -2.11. The minimum absolute atomic E-state index is 0.00466. The highest BCUT2D eigenvalue weighted by Crippen LogP contribution is 2.33. The van der Waals surface area contributed by atoms with Gasteiger partial charge in [-0.15, -0.1) is 0 Å². The molecular weight excluding hydrogens is 524 g/mol. The van der Waals surface area contributed by atoms with Gasteiger partial charge in [-0.3, -0.25) is 0 Å². The number of fused-ring (bicyclic) bond motifs is 1. The minimum Gasteiger partial charge on any atom is -0.478 e. The van der Waals surface area contributed by atoms with E-state index in [9.17, 15) is 14.3 Å². The van der Waals surface area contributed by atoms with E-state index >= 15 is 4.39 Å². The van der Waals surface area contributed by atoms with Crippen molar-refractivity contribution in [3.05, 3.63) is 99.7 Å². The van der Waals surface area contributed by atoms with Crippen LogP contribution in [0.4, 0.5) is 8.78 Å². The first-order chi connectivity index (χ1) is 18.8. The summed E-state index contributed by atoms with van der Waals surface area (Å²) in [4.78, 5) is 16.1. The third-order valence-corrected chi connectivity index (χ3v) is 7.03. The molecular formula is C29H25F2N3O4S. The van der Waals surface area contributed by atoms with Crippen LogP contribution in [0.5, 0.6) is 5.88 Å². The lowest BCUT2D eigenvalue weighted by atomic mass is 10.0. The lowest BCUT2D eigenvalue weighted by Crippen LogP contribution is -2.10. The van der Waals surface area contributed by atoms with Gasteiger partial charge in [-0.25, -0.2) is 18.6 Å². The molecule has 3 aromatic carbocycles. The number of methoxy groups -OCH3 is 1. The van der Waals surface area contributed by atoms with Gasteiger partial charge < -0.3 is 19.1 Å². The maximum Gasteiger partial charge on any atom is 0.335 e. The van der Waals surface area contributed by atoms with Crippen LogP contribution >= 0.6 is 11.5 Å². The van der Waals surface area contributed by atoms with Crippen LogP contribution in [0.1, 0.15) is 32.9 Å². The van der Waals surface area contributed by atoms with Crippen LogP contribution < -0.4 is 4.74 Å². The molecule has 2 aromatic heterocycles. The van der Waals surface area contributed by atoms with Gasteiger partial charge in [0.25, 0.3) is 0 Å². The van der Waals surface area contributed by atoms with E-state index in [1.54, 1.807) is 42.8 Å². The molecule has 0 fully saturated rings. The first kappa shape index (κ1) is 26.5. The molecule has 0 amide bonds. The fourth-order valence-electron chi connectivity index (χ4n) is 4.34. The largest absolute Gasteiger partial charge is 0.478 e. The Labute approximate surface area is 227 Å². The predicted octanol–water partition coefficient (Wildman–Crippen LogP) is 6.26. The number of hydrogen-bond donors (Lipinski definition) is 1. The Hall–Kier alpha value is -4.15. The zero-order valence-corrected chi connectivity index (χ0v) is 22.1. The van der Waals surface area contributed by atoms with Crippen LogP contribution in [0.25, 0.3) is 22.2 Å². The maximum absolute atomic E-state index is 15.4. The van der Waals surface area contributed by atoms with E-state index < -0.39 is 11.8 Å². The fraction of sp³-hybridized carbons (Fsp3) is 0.207. The van der Waals surface area contributed by atoms with Gasteiger partial charge in [-0.1, -0.05) is 24.3 Å². The van der Waals surface area contributed by atoms with Gasteiger partial charge in [0.1, 0.15) is 24.1 Å². The zero-order chi connectivity index (χ0) is 27.5. The number of rotatable bonds is 10. The summed E-state index contributed by atoms with van der Waals surface area (Å²) in [5.41, 5.74) is 4.28. The number of imidazole rings is 1. The summed E-state index contributed by atoms with van der Waals surface area (Å²) in [5, 5.41) is 11.2. The van der Waals surface area contributed by atoms with E-state index in [4.69, 9.17) is 9.47 Å². The highest BCUT2D eigenvalue weighted by Gasteiger charge is 2.17. The predicted molar refractivity (Wildman–Crippen MR) is 144 cm³/mol. The molecule has 0 aliphatic carbocycles. The van der Waals surface area contributed by atoms with Crippen LogP contribution in [-0.4, -0.2) is 38.7 Å². The molecule has 0 aliphatic heterocycles. The monoisotopic (exact) mass is 549 g/mol. The van der Waals surface area contributed by atoms with Crippen molar-refractivity contribution >= 4 is 28.5 Å². The Balaban J connectivity index is 1.39. The van der Waals surface area contributed by atoms with Gasteiger partial charge in [0.05, 0.1) is 28.8 Å². The van der Waals surface area contributed by atoms with E-state index in [0.29, 0.717) is 58.1 Å². The minimum atomic E-state index is -1.03. The maximum atomic E-state index is 15.4. The third kappa shape index (κ3) is 5.67. The molecule has 39 heavy (non-hydrogen) atoms. The molecule has 200 valence electrons. The van der Waals surface area contributed by atoms with Crippen LogP contribution in [-0.2, 0) is 24.3 Å². The van der Waals surface area contributed by atoms with Crippen molar-refractivity contribution in [1.29, 1.82) is 0 Å². The number of carboxylic acids is 1. The zero-order valence-electron chi connectivity index (χ0n) is 21.3. The molecule has 0 bridgehead atoms. The van der Waals surface area contributed by atoms with Gasteiger partial charge in [0, 0.05) is 31.0 Å². The molecule has 5 aromatic rings. The highest BCUT2D eigenvalue weighted by molar-refractivity contribution is 7.04. The summed E-state index contributed by atoms with van der Waals surface area (Å²) >= 11 is 1.17. The van der Waals surface area contributed by atoms with Crippen molar-refractivity contribution in [3.8, 4) is 17.0 Å². The topological polar surface area (TPSA) is 86.5 Å². The van der Waals surface area contributed by atoms with E-state index in [-0.39, 0.29) is 24.4 Å². The quantitative estimate of drug-likeness (QED) is 0.221. The van der Waals surface area contributed by atoms with E-state index in [2.05, 4.69) is 9.36 Å². The molecule has 2 heterocycles. The number of hydrogen-bond acceptors (Lipinski definition) is 6. The Morgan fingerprint density at radius 1 is 1.05 bits per heavy atom. The number of carbonyl (C=O) groups is 1. The average molecular weight is 550 g/mol. The molecule has 0 radical (unpaired) electrons. The SMILES string of the molecule is COCCn1c(Cc2ccc(-c3csnc3OCc3ccc(C)cc3F)cc2F)nc2ccc(C(=O)O)cc21. The number of aromatic nitrogens is 3. The fourth-order valence-corrected chi connectivity index (χ4v) is 4.98. The molecule has 0 atom stereocenters. The molecule has 0 saturated heterocycles. The van der Waals surface area contributed by atoms with Gasteiger partial charge in [0.2, 0.25) is 5.88 Å². The summed E-state index contributed by atoms with van der Waals surface area (Å²) in [7, 11) is 1.58. The van der Waals surface area contributed by atoms with Gasteiger partial charge in [-0.05, 0) is 65.5 Å². The van der Waals surface area contributed by atoms with E-state index in [1.807, 2.05) is 17.6 Å². The number of halogens is 2. The molecule has 0 saturated carbocycles. The number of ether oxygens (including phenoxy) is 2. The summed E-state index contributed by atoms with van der Waals surface area (Å²) in [5.74, 6) is -0.904. The Morgan fingerprint density at radius 2 is 1.85 bits per heavy atom. The summed E-state index contributed by atoms with van der Waals surface area (Å²) in [6, 6.07) is 14.5. The second kappa shape index (κ2) is 11.3. The van der Waals surface area contributed by atoms with Gasteiger partial charge >= 0.3 is 5.97 Å². The first-order valence-electron chi connectivity index (χ1n) is 12.2. The van der Waals surface area contributed by atoms with Crippen LogP contribution in [0, 0.1) is 18.6 Å². The number of aryl methyl sites for hydroxylation is 1. The van der Waals surface area contributed by atoms with Crippen molar-refractivity contribution in [1.82, 2.24) is 13.9 Å². The Morgan fingerprint density at radius 3 is 2.59 bits per heavy atom. The second-order valence-electron chi connectivity index (χ2n) is 9.08. The number of carboxylic acid groups (broad SMARTS) is 1. The molecule has 1 N–H and O–H groups in total. The number of benzene rings is 3. The normalized spacial score (nSPS) is 11.3. The van der Waals surface area contributed by atoms with Crippen LogP contribution in [0.3, 0.4) is 0 Å². The summed E-state index contributed by atoms with van der Waals surface area (Å²) in [6.45, 7) is 2.64. The van der Waals surface area contributed by atoms with Gasteiger partial charge in [-0.2, -0.15) is 4.37 Å². The molecule has 10 heteroatoms. The van der Waals surface area contributed by atoms with Crippen molar-refractivity contribution in [2.24, 2.45) is 0 Å². The highest BCUT2D eigenvalue weighted by atomic mass is 32.1. The van der Waals surface area contributed by atoms with E-state index in [1.165, 1.54) is 29.7 Å². The standard InChI is InChI=1S/C29H25F2N3O4S/c1-17-3-4-21(23(30)11-17)15-38-28-22(16-39-33-28)18-5-6-19(24(31)12-18)14-27-32-25-8-7-20(29(35)36)13-26(25)34(27)9-10-37-2/h3-8,11-13,16H,9-10,14-15H2,1-2H3,(H,35,36). The smallest absolute Gasteiger partial charge is 0.335 e. The van der Waals surface area contributed by atoms with E-state index in [0.717, 1.165) is 5.56 Å². The third-order valence-electron chi connectivity index (χ3n) is 6.42. The Bertz CT molecular complexity index is 1660. The average Bonchev–Trinajstić information content (AvgIpc) is 3.52. The van der Waals surface area contributed by atoms with Crippen LogP contribution in [0.2, 0.25) is 0 Å². The van der Waals surface area contributed by atoms with Crippen molar-refractivity contribution in [2.45, 2.75) is 26.5 Å². The molecule has 7 nitrogen and oxygen atoms in total. The van der Waals surface area contributed by atoms with Crippen LogP contribution in [0.15, 0.2) is 60.0 Å². The van der Waals surface area contributed by atoms with Crippen molar-refractivity contribution in [3.63, 3.8) is 0 Å². The Kier molecular flexibility index (Phi) is 7.67.